The van der Waals surface area contributed by atoms with E-state index in [0.29, 0.717) is 24.0 Å². The quantitative estimate of drug-likeness (QED) is 0.650. The molecule has 92 valence electrons. The van der Waals surface area contributed by atoms with Crippen LogP contribution in [0.5, 0.6) is 0 Å². The van der Waals surface area contributed by atoms with Gasteiger partial charge in [-0.05, 0) is 48.3 Å². The number of rotatable bonds is 0. The van der Waals surface area contributed by atoms with Gasteiger partial charge in [-0.1, -0.05) is 35.9 Å². The molecule has 1 aromatic carbocycles. The fourth-order valence-corrected chi connectivity index (χ4v) is 4.48. The van der Waals surface area contributed by atoms with Crippen molar-refractivity contribution in [3.8, 4) is 0 Å². The van der Waals surface area contributed by atoms with Crippen molar-refractivity contribution in [3.63, 3.8) is 0 Å². The van der Waals surface area contributed by atoms with Crippen LogP contribution in [-0.2, 0) is 17.6 Å². The fourth-order valence-electron chi connectivity index (χ4n) is 4.22. The van der Waals surface area contributed by atoms with Gasteiger partial charge in [-0.15, -0.1) is 0 Å². The summed E-state index contributed by atoms with van der Waals surface area (Å²) in [6.45, 7) is 0. The molecular weight excluding hydrogens is 244 g/mol. The van der Waals surface area contributed by atoms with E-state index in [0.717, 1.165) is 23.4 Å². The molecule has 0 aromatic heterocycles. The standard InChI is InChI=1S/C16H15ClO/c17-14-3-1-2-11-9-16(15(18)7-13(11)14)8-10-4-5-12(16)6-10/h1-5,10,12H,6-9H2. The summed E-state index contributed by atoms with van der Waals surface area (Å²) < 4.78 is 0. The SMILES string of the molecule is O=C1Cc2c(Cl)cccc2CC12CC1C=CC2C1. The van der Waals surface area contributed by atoms with E-state index in [2.05, 4.69) is 18.2 Å². The van der Waals surface area contributed by atoms with E-state index in [1.54, 1.807) is 0 Å². The third kappa shape index (κ3) is 1.26. The van der Waals surface area contributed by atoms with Gasteiger partial charge in [0.2, 0.25) is 0 Å². The zero-order valence-electron chi connectivity index (χ0n) is 10.2. The molecule has 0 N–H and O–H groups in total. The van der Waals surface area contributed by atoms with Crippen LogP contribution in [0.15, 0.2) is 30.4 Å². The Labute approximate surface area is 112 Å². The maximum atomic E-state index is 12.6. The highest BCUT2D eigenvalue weighted by Crippen LogP contribution is 2.56. The Bertz CT molecular complexity index is 574. The lowest BCUT2D eigenvalue weighted by atomic mass is 9.64. The Morgan fingerprint density at radius 3 is 2.89 bits per heavy atom. The molecule has 18 heavy (non-hydrogen) atoms. The summed E-state index contributed by atoms with van der Waals surface area (Å²) in [5.74, 6) is 1.53. The van der Waals surface area contributed by atoms with Gasteiger partial charge in [0.25, 0.3) is 0 Å². The van der Waals surface area contributed by atoms with E-state index >= 15 is 0 Å². The summed E-state index contributed by atoms with van der Waals surface area (Å²) in [5.41, 5.74) is 2.27. The summed E-state index contributed by atoms with van der Waals surface area (Å²) in [5, 5.41) is 0.759. The number of benzene rings is 1. The number of carbonyl (C=O) groups excluding carboxylic acids is 1. The molecule has 1 nitrogen and oxygen atoms in total. The Morgan fingerprint density at radius 1 is 1.28 bits per heavy atom. The van der Waals surface area contributed by atoms with Gasteiger partial charge in [0.15, 0.2) is 0 Å². The summed E-state index contributed by atoms with van der Waals surface area (Å²) in [4.78, 5) is 12.6. The van der Waals surface area contributed by atoms with Crippen molar-refractivity contribution in [3.05, 3.63) is 46.5 Å². The van der Waals surface area contributed by atoms with E-state index in [1.807, 2.05) is 12.1 Å². The van der Waals surface area contributed by atoms with Crippen molar-refractivity contribution in [1.29, 1.82) is 0 Å². The number of hydrogen-bond acceptors (Lipinski definition) is 1. The van der Waals surface area contributed by atoms with Gasteiger partial charge in [-0.3, -0.25) is 4.79 Å². The molecule has 0 aliphatic heterocycles. The number of allylic oxidation sites excluding steroid dienone is 2. The molecule has 3 aliphatic carbocycles. The van der Waals surface area contributed by atoms with Gasteiger partial charge in [0, 0.05) is 16.9 Å². The number of fused-ring (bicyclic) bond motifs is 4. The number of Topliss-reactive ketones (excluding diaryl/α,β-unsaturated/α-hetero) is 1. The Kier molecular flexibility index (Phi) is 2.09. The summed E-state index contributed by atoms with van der Waals surface area (Å²) in [6.07, 6.45) is 8.25. The Morgan fingerprint density at radius 2 is 2.17 bits per heavy atom. The number of halogens is 1. The summed E-state index contributed by atoms with van der Waals surface area (Å²) in [6, 6.07) is 6.05. The molecule has 0 amide bonds. The van der Waals surface area contributed by atoms with Crippen LogP contribution in [0.25, 0.3) is 0 Å². The molecule has 0 heterocycles. The van der Waals surface area contributed by atoms with E-state index in [-0.39, 0.29) is 5.41 Å². The third-order valence-electron chi connectivity index (χ3n) is 5.12. The maximum Gasteiger partial charge on any atom is 0.144 e. The van der Waals surface area contributed by atoms with Crippen LogP contribution in [0.4, 0.5) is 0 Å². The van der Waals surface area contributed by atoms with Crippen LogP contribution in [0.3, 0.4) is 0 Å². The van der Waals surface area contributed by atoms with Crippen LogP contribution in [0.2, 0.25) is 5.02 Å². The van der Waals surface area contributed by atoms with Gasteiger partial charge in [-0.2, -0.15) is 0 Å². The number of ketones is 1. The molecule has 3 atom stereocenters. The van der Waals surface area contributed by atoms with Crippen molar-refractivity contribution >= 4 is 17.4 Å². The first-order valence-corrected chi connectivity index (χ1v) is 7.05. The zero-order valence-corrected chi connectivity index (χ0v) is 10.9. The zero-order chi connectivity index (χ0) is 12.3. The smallest absolute Gasteiger partial charge is 0.144 e. The second-order valence-corrected chi connectivity index (χ2v) is 6.41. The van der Waals surface area contributed by atoms with Gasteiger partial charge in [0.05, 0.1) is 0 Å². The van der Waals surface area contributed by atoms with Crippen LogP contribution >= 0.6 is 11.6 Å². The molecule has 3 aliphatic rings. The number of carbonyl (C=O) groups is 1. The lowest BCUT2D eigenvalue weighted by Gasteiger charge is -2.38. The lowest BCUT2D eigenvalue weighted by Crippen LogP contribution is -2.41. The summed E-state index contributed by atoms with van der Waals surface area (Å²) in [7, 11) is 0. The van der Waals surface area contributed by atoms with Crippen molar-refractivity contribution in [1.82, 2.24) is 0 Å². The van der Waals surface area contributed by atoms with Crippen LogP contribution in [0, 0.1) is 17.3 Å². The van der Waals surface area contributed by atoms with E-state index < -0.39 is 0 Å². The molecule has 1 spiro atoms. The van der Waals surface area contributed by atoms with E-state index in [1.165, 1.54) is 12.0 Å². The average molecular weight is 259 g/mol. The minimum absolute atomic E-state index is 0.100. The number of hydrogen-bond donors (Lipinski definition) is 0. The van der Waals surface area contributed by atoms with Crippen LogP contribution < -0.4 is 0 Å². The van der Waals surface area contributed by atoms with E-state index in [4.69, 9.17) is 11.6 Å². The first-order chi connectivity index (χ1) is 8.69. The minimum Gasteiger partial charge on any atom is -0.299 e. The van der Waals surface area contributed by atoms with Gasteiger partial charge in [-0.25, -0.2) is 0 Å². The molecule has 3 unspecified atom stereocenters. The molecule has 1 saturated carbocycles. The molecule has 2 heteroatoms. The summed E-state index contributed by atoms with van der Waals surface area (Å²) >= 11 is 6.22. The first-order valence-electron chi connectivity index (χ1n) is 6.67. The minimum atomic E-state index is -0.100. The monoisotopic (exact) mass is 258 g/mol. The highest BCUT2D eigenvalue weighted by Gasteiger charge is 2.54. The average Bonchev–Trinajstić information content (AvgIpc) is 2.93. The maximum absolute atomic E-state index is 12.6. The highest BCUT2D eigenvalue weighted by molar-refractivity contribution is 6.31. The molecule has 4 rings (SSSR count). The van der Waals surface area contributed by atoms with Crippen molar-refractivity contribution in [2.45, 2.75) is 25.7 Å². The molecular formula is C16H15ClO. The Balaban J connectivity index is 1.82. The predicted octanol–water partition coefficient (Wildman–Crippen LogP) is 3.59. The highest BCUT2D eigenvalue weighted by atomic mass is 35.5. The van der Waals surface area contributed by atoms with Crippen LogP contribution in [-0.4, -0.2) is 5.78 Å². The van der Waals surface area contributed by atoms with Gasteiger partial charge < -0.3 is 0 Å². The van der Waals surface area contributed by atoms with Crippen molar-refractivity contribution in [2.75, 3.05) is 0 Å². The third-order valence-corrected chi connectivity index (χ3v) is 5.48. The fraction of sp³-hybridized carbons (Fsp3) is 0.438. The molecule has 1 fully saturated rings. The topological polar surface area (TPSA) is 17.1 Å². The predicted molar refractivity (Wildman–Crippen MR) is 71.7 cm³/mol. The van der Waals surface area contributed by atoms with Crippen molar-refractivity contribution < 1.29 is 4.79 Å². The largest absolute Gasteiger partial charge is 0.299 e. The first kappa shape index (κ1) is 10.8. The molecule has 1 aromatic rings. The van der Waals surface area contributed by atoms with Gasteiger partial charge >= 0.3 is 0 Å². The lowest BCUT2D eigenvalue weighted by molar-refractivity contribution is -0.130. The van der Waals surface area contributed by atoms with Gasteiger partial charge in [0.1, 0.15) is 5.78 Å². The van der Waals surface area contributed by atoms with Crippen LogP contribution in [0.1, 0.15) is 24.0 Å². The van der Waals surface area contributed by atoms with Crippen molar-refractivity contribution in [2.24, 2.45) is 17.3 Å². The molecule has 0 radical (unpaired) electrons. The normalized spacial score (nSPS) is 36.4. The second kappa shape index (κ2) is 3.48. The van der Waals surface area contributed by atoms with E-state index in [9.17, 15) is 4.79 Å². The second-order valence-electron chi connectivity index (χ2n) is 6.00. The molecule has 2 bridgehead atoms. The molecule has 0 saturated heterocycles. The Hall–Kier alpha value is -1.08.